The average Bonchev–Trinajstić information content (AvgIpc) is 2.36. The van der Waals surface area contributed by atoms with Gasteiger partial charge in [-0.25, -0.2) is 4.79 Å². The van der Waals surface area contributed by atoms with Crippen LogP contribution in [0.1, 0.15) is 33.6 Å². The second-order valence-corrected chi connectivity index (χ2v) is 5.00. The smallest absolute Gasteiger partial charge is 0.330 e. The average molecular weight is 300 g/mol. The number of carbonyl (C=O) groups excluding carboxylic acids is 3. The molecule has 0 aromatic rings. The third kappa shape index (κ3) is 8.80. The summed E-state index contributed by atoms with van der Waals surface area (Å²) in [4.78, 5) is 34.1. The lowest BCUT2D eigenvalue weighted by Crippen LogP contribution is -2.48. The Morgan fingerprint density at radius 2 is 1.95 bits per heavy atom. The molecule has 2 atom stereocenters. The van der Waals surface area contributed by atoms with Gasteiger partial charge in [-0.1, -0.05) is 19.9 Å². The fourth-order valence-corrected chi connectivity index (χ4v) is 1.56. The van der Waals surface area contributed by atoms with Gasteiger partial charge < -0.3 is 20.9 Å². The molecular weight excluding hydrogens is 276 g/mol. The molecule has 0 unspecified atom stereocenters. The molecule has 21 heavy (non-hydrogen) atoms. The summed E-state index contributed by atoms with van der Waals surface area (Å²) in [5.41, 5.74) is 5.18. The molecule has 0 aliphatic heterocycles. The molecular formula is C14H24N2O5. The van der Waals surface area contributed by atoms with E-state index in [0.717, 1.165) is 6.08 Å². The summed E-state index contributed by atoms with van der Waals surface area (Å²) in [6.45, 7) is 5.66. The second-order valence-electron chi connectivity index (χ2n) is 5.00. The first-order valence-corrected chi connectivity index (χ1v) is 6.88. The lowest BCUT2D eigenvalue weighted by Gasteiger charge is -2.17. The molecule has 0 aromatic carbocycles. The van der Waals surface area contributed by atoms with E-state index in [0.29, 0.717) is 0 Å². The molecule has 0 aliphatic carbocycles. The Kier molecular flexibility index (Phi) is 9.03. The highest BCUT2D eigenvalue weighted by Crippen LogP contribution is 2.05. The van der Waals surface area contributed by atoms with Crippen LogP contribution in [0.15, 0.2) is 12.2 Å². The zero-order chi connectivity index (χ0) is 16.4. The van der Waals surface area contributed by atoms with Crippen molar-refractivity contribution in [2.75, 3.05) is 6.61 Å². The van der Waals surface area contributed by atoms with E-state index in [9.17, 15) is 19.5 Å². The van der Waals surface area contributed by atoms with Crippen LogP contribution in [0.4, 0.5) is 0 Å². The number of esters is 1. The summed E-state index contributed by atoms with van der Waals surface area (Å²) >= 11 is 0. The molecule has 0 fully saturated rings. The molecule has 0 bridgehead atoms. The van der Waals surface area contributed by atoms with E-state index in [1.165, 1.54) is 6.08 Å². The Morgan fingerprint density at radius 3 is 2.43 bits per heavy atom. The van der Waals surface area contributed by atoms with Crippen LogP contribution in [0.2, 0.25) is 0 Å². The van der Waals surface area contributed by atoms with Crippen LogP contribution in [0.3, 0.4) is 0 Å². The van der Waals surface area contributed by atoms with Crippen molar-refractivity contribution in [1.29, 1.82) is 0 Å². The predicted octanol–water partition coefficient (Wildman–Crippen LogP) is -0.127. The van der Waals surface area contributed by atoms with Gasteiger partial charge in [-0.05, 0) is 25.7 Å². The minimum atomic E-state index is -1.19. The zero-order valence-corrected chi connectivity index (χ0v) is 12.7. The highest BCUT2D eigenvalue weighted by Gasteiger charge is 2.22. The van der Waals surface area contributed by atoms with Crippen molar-refractivity contribution in [3.8, 4) is 0 Å². The van der Waals surface area contributed by atoms with E-state index in [1.54, 1.807) is 6.92 Å². The number of nitrogens with two attached hydrogens (primary N) is 1. The number of primary amides is 1. The van der Waals surface area contributed by atoms with Crippen molar-refractivity contribution in [3.05, 3.63) is 12.2 Å². The molecule has 7 nitrogen and oxygen atoms in total. The molecule has 0 rings (SSSR count). The fraction of sp³-hybridized carbons (Fsp3) is 0.643. The van der Waals surface area contributed by atoms with Gasteiger partial charge in [0, 0.05) is 6.08 Å². The summed E-state index contributed by atoms with van der Waals surface area (Å²) in [6, 6.07) is -0.981. The summed E-state index contributed by atoms with van der Waals surface area (Å²) < 4.78 is 4.68. The largest absolute Gasteiger partial charge is 0.463 e. The van der Waals surface area contributed by atoms with Gasteiger partial charge in [0.1, 0.15) is 12.1 Å². The number of ether oxygens (including phenoxy) is 1. The molecule has 0 spiro atoms. The maximum Gasteiger partial charge on any atom is 0.330 e. The third-order valence-electron chi connectivity index (χ3n) is 2.57. The SMILES string of the molecule is CCOC(=O)/C=C/C[C@H](NC(=O)[C@@H](O)CC(C)C)C(N)=O. The molecule has 0 saturated carbocycles. The number of amides is 2. The second kappa shape index (κ2) is 9.93. The maximum atomic E-state index is 11.7. The van der Waals surface area contributed by atoms with E-state index in [1.807, 2.05) is 13.8 Å². The highest BCUT2D eigenvalue weighted by atomic mass is 16.5. The van der Waals surface area contributed by atoms with Gasteiger partial charge in [-0.3, -0.25) is 9.59 Å². The summed E-state index contributed by atoms with van der Waals surface area (Å²) in [5.74, 6) is -1.79. The first-order chi connectivity index (χ1) is 9.77. The van der Waals surface area contributed by atoms with Gasteiger partial charge in [0.25, 0.3) is 0 Å². The number of nitrogens with one attached hydrogen (secondary N) is 1. The number of hydrogen-bond acceptors (Lipinski definition) is 5. The molecule has 0 saturated heterocycles. The van der Waals surface area contributed by atoms with Gasteiger partial charge >= 0.3 is 5.97 Å². The van der Waals surface area contributed by atoms with Crippen molar-refractivity contribution in [2.45, 2.75) is 45.8 Å². The summed E-state index contributed by atoms with van der Waals surface area (Å²) in [7, 11) is 0. The molecule has 7 heteroatoms. The van der Waals surface area contributed by atoms with Crippen molar-refractivity contribution < 1.29 is 24.2 Å². The first-order valence-electron chi connectivity index (χ1n) is 6.88. The third-order valence-corrected chi connectivity index (χ3v) is 2.57. The zero-order valence-electron chi connectivity index (χ0n) is 12.7. The number of aliphatic hydroxyl groups is 1. The van der Waals surface area contributed by atoms with E-state index in [4.69, 9.17) is 5.73 Å². The van der Waals surface area contributed by atoms with Crippen LogP contribution in [0.25, 0.3) is 0 Å². The molecule has 0 radical (unpaired) electrons. The summed E-state index contributed by atoms with van der Waals surface area (Å²) in [6.07, 6.45) is 1.70. The Bertz CT molecular complexity index is 393. The molecule has 0 aliphatic rings. The molecule has 0 aromatic heterocycles. The predicted molar refractivity (Wildman–Crippen MR) is 77.0 cm³/mol. The molecule has 0 heterocycles. The molecule has 2 amide bonds. The van der Waals surface area contributed by atoms with Crippen LogP contribution < -0.4 is 11.1 Å². The number of hydrogen-bond donors (Lipinski definition) is 3. The van der Waals surface area contributed by atoms with Gasteiger partial charge in [0.15, 0.2) is 0 Å². The number of carbonyl (C=O) groups is 3. The highest BCUT2D eigenvalue weighted by molar-refractivity contribution is 5.88. The van der Waals surface area contributed by atoms with Crippen LogP contribution >= 0.6 is 0 Å². The Hall–Kier alpha value is -1.89. The van der Waals surface area contributed by atoms with Crippen molar-refractivity contribution in [3.63, 3.8) is 0 Å². The van der Waals surface area contributed by atoms with E-state index >= 15 is 0 Å². The van der Waals surface area contributed by atoms with Crippen LogP contribution in [-0.2, 0) is 19.1 Å². The van der Waals surface area contributed by atoms with Gasteiger partial charge in [-0.2, -0.15) is 0 Å². The van der Waals surface area contributed by atoms with Crippen molar-refractivity contribution >= 4 is 17.8 Å². The van der Waals surface area contributed by atoms with Crippen LogP contribution in [0, 0.1) is 5.92 Å². The normalized spacial score (nSPS) is 14.0. The van der Waals surface area contributed by atoms with Crippen molar-refractivity contribution in [1.82, 2.24) is 5.32 Å². The van der Waals surface area contributed by atoms with Gasteiger partial charge in [0.05, 0.1) is 6.61 Å². The van der Waals surface area contributed by atoms with E-state index < -0.39 is 29.9 Å². The maximum absolute atomic E-state index is 11.7. The number of aliphatic hydroxyl groups excluding tert-OH is 1. The fourth-order valence-electron chi connectivity index (χ4n) is 1.56. The minimum Gasteiger partial charge on any atom is -0.463 e. The Labute approximate surface area is 124 Å². The van der Waals surface area contributed by atoms with Crippen LogP contribution in [0.5, 0.6) is 0 Å². The summed E-state index contributed by atoms with van der Waals surface area (Å²) in [5, 5.41) is 12.0. The lowest BCUT2D eigenvalue weighted by atomic mass is 10.0. The van der Waals surface area contributed by atoms with Crippen molar-refractivity contribution in [2.24, 2.45) is 11.7 Å². The Morgan fingerprint density at radius 1 is 1.33 bits per heavy atom. The first kappa shape index (κ1) is 19.1. The Balaban J connectivity index is 4.46. The minimum absolute atomic E-state index is 0.0499. The van der Waals surface area contributed by atoms with E-state index in [2.05, 4.69) is 10.1 Å². The monoisotopic (exact) mass is 300 g/mol. The topological polar surface area (TPSA) is 119 Å². The van der Waals surface area contributed by atoms with E-state index in [-0.39, 0.29) is 25.4 Å². The molecule has 4 N–H and O–H groups in total. The standard InChI is InChI=1S/C14H24N2O5/c1-4-21-12(18)7-5-6-10(13(15)19)16-14(20)11(17)8-9(2)3/h5,7,9-11,17H,4,6,8H2,1-3H3,(H2,15,19)(H,16,20)/b7-5+/t10-,11-/m0/s1. The van der Waals surface area contributed by atoms with Gasteiger partial charge in [-0.15, -0.1) is 0 Å². The quantitative estimate of drug-likeness (QED) is 0.405. The lowest BCUT2D eigenvalue weighted by molar-refractivity contribution is -0.137. The number of rotatable bonds is 9. The molecule has 120 valence electrons. The van der Waals surface area contributed by atoms with Gasteiger partial charge in [0.2, 0.25) is 11.8 Å². The van der Waals surface area contributed by atoms with Crippen LogP contribution in [-0.4, -0.2) is 41.6 Å².